The second-order valence-electron chi connectivity index (χ2n) is 5.36. The lowest BCUT2D eigenvalue weighted by molar-refractivity contribution is -0.759. The van der Waals surface area contributed by atoms with Crippen molar-refractivity contribution in [2.75, 3.05) is 50.2 Å². The first-order valence-electron chi connectivity index (χ1n) is 6.81. The lowest BCUT2D eigenvalue weighted by Crippen LogP contribution is -2.64. The molecule has 1 aliphatic heterocycles. The van der Waals surface area contributed by atoms with Crippen LogP contribution in [0.4, 0.5) is 10.7 Å². The van der Waals surface area contributed by atoms with E-state index < -0.39 is 6.09 Å². The Morgan fingerprint density at radius 1 is 1.50 bits per heavy atom. The van der Waals surface area contributed by atoms with Crippen LogP contribution in [0, 0.1) is 5.92 Å². The van der Waals surface area contributed by atoms with Crippen molar-refractivity contribution in [2.24, 2.45) is 5.92 Å². The Morgan fingerprint density at radius 2 is 2.20 bits per heavy atom. The summed E-state index contributed by atoms with van der Waals surface area (Å²) in [5, 5.41) is 8.46. The molecule has 1 amide bonds. The number of aromatic nitrogens is 2. The molecule has 0 radical (unpaired) electrons. The lowest BCUT2D eigenvalue weighted by Gasteiger charge is -2.26. The Kier molecular flexibility index (Phi) is 4.78. The number of anilines is 1. The molecule has 1 fully saturated rings. The number of carbonyl (C=O) groups excluding carboxylic acids is 1. The molecule has 1 aliphatic rings. The number of hydrogen-bond acceptors (Lipinski definition) is 6. The predicted molar refractivity (Wildman–Crippen MR) is 72.0 cm³/mol. The molecule has 0 unspecified atom stereocenters. The van der Waals surface area contributed by atoms with Gasteiger partial charge in [0.15, 0.2) is 0 Å². The van der Waals surface area contributed by atoms with Crippen LogP contribution in [-0.2, 0) is 4.74 Å². The first-order valence-corrected chi connectivity index (χ1v) is 6.81. The smallest absolute Gasteiger partial charge is 0.414 e. The van der Waals surface area contributed by atoms with E-state index in [0.717, 1.165) is 26.2 Å². The molecule has 2 rings (SSSR count). The summed E-state index contributed by atoms with van der Waals surface area (Å²) in [4.78, 5) is 15.4. The standard InChI is InChI=1S/C12H21N5O3/c1-10(2)9-19-12(18)13-11-8-17(14-20-11)16-6-4-15(3)5-7-16/h8,10H,4-7,9H2,1-3H3/p+1. The Labute approximate surface area is 118 Å². The summed E-state index contributed by atoms with van der Waals surface area (Å²) in [6.07, 6.45) is 1.11. The van der Waals surface area contributed by atoms with Crippen molar-refractivity contribution in [3.63, 3.8) is 0 Å². The minimum Gasteiger partial charge on any atom is -0.449 e. The lowest BCUT2D eigenvalue weighted by atomic mass is 10.2. The summed E-state index contributed by atoms with van der Waals surface area (Å²) in [5.74, 6) is 0.573. The van der Waals surface area contributed by atoms with Gasteiger partial charge < -0.3 is 9.64 Å². The highest BCUT2D eigenvalue weighted by Gasteiger charge is 2.25. The van der Waals surface area contributed by atoms with Crippen LogP contribution in [-0.4, -0.2) is 56.1 Å². The van der Waals surface area contributed by atoms with Crippen molar-refractivity contribution in [3.8, 4) is 0 Å². The first kappa shape index (κ1) is 14.6. The fourth-order valence-corrected chi connectivity index (χ4v) is 1.81. The number of carbonyl (C=O) groups is 1. The van der Waals surface area contributed by atoms with Crippen molar-refractivity contribution >= 4 is 12.0 Å². The molecule has 1 aromatic rings. The van der Waals surface area contributed by atoms with Gasteiger partial charge in [0.05, 0.1) is 24.5 Å². The fraction of sp³-hybridized carbons (Fsp3) is 0.750. The molecule has 0 saturated carbocycles. The van der Waals surface area contributed by atoms with E-state index in [4.69, 9.17) is 9.26 Å². The quantitative estimate of drug-likeness (QED) is 0.788. The van der Waals surface area contributed by atoms with Gasteiger partial charge in [-0.1, -0.05) is 13.8 Å². The summed E-state index contributed by atoms with van der Waals surface area (Å²) in [5.41, 5.74) is 0. The molecule has 1 N–H and O–H groups in total. The van der Waals surface area contributed by atoms with Crippen LogP contribution in [0.5, 0.6) is 0 Å². The van der Waals surface area contributed by atoms with Gasteiger partial charge in [-0.25, -0.2) is 4.79 Å². The van der Waals surface area contributed by atoms with Crippen LogP contribution >= 0.6 is 0 Å². The number of nitrogens with zero attached hydrogens (tertiary/aromatic N) is 4. The Bertz CT molecular complexity index is 440. The Balaban J connectivity index is 1.84. The van der Waals surface area contributed by atoms with E-state index in [2.05, 4.69) is 22.5 Å². The van der Waals surface area contributed by atoms with Gasteiger partial charge in [-0.3, -0.25) is 9.84 Å². The zero-order chi connectivity index (χ0) is 14.5. The monoisotopic (exact) mass is 284 g/mol. The second-order valence-corrected chi connectivity index (χ2v) is 5.36. The largest absolute Gasteiger partial charge is 0.449 e. The first-order chi connectivity index (χ1) is 9.54. The fourth-order valence-electron chi connectivity index (χ4n) is 1.81. The molecule has 8 heteroatoms. The van der Waals surface area contributed by atoms with E-state index in [-0.39, 0.29) is 5.88 Å². The highest BCUT2D eigenvalue weighted by molar-refractivity contribution is 5.82. The van der Waals surface area contributed by atoms with Crippen LogP contribution in [0.2, 0.25) is 0 Å². The highest BCUT2D eigenvalue weighted by Crippen LogP contribution is 2.03. The third kappa shape index (κ3) is 4.09. The molecule has 8 nitrogen and oxygen atoms in total. The van der Waals surface area contributed by atoms with Crippen molar-refractivity contribution in [1.29, 1.82) is 0 Å². The summed E-state index contributed by atoms with van der Waals surface area (Å²) < 4.78 is 10.1. The van der Waals surface area contributed by atoms with Gasteiger partial charge in [-0.2, -0.15) is 5.01 Å². The number of ether oxygens (including phenoxy) is 1. The summed E-state index contributed by atoms with van der Waals surface area (Å²) in [7, 11) is 2.09. The van der Waals surface area contributed by atoms with Crippen molar-refractivity contribution in [2.45, 2.75) is 13.8 Å². The summed E-state index contributed by atoms with van der Waals surface area (Å²) >= 11 is 0. The third-order valence-corrected chi connectivity index (χ3v) is 3.00. The second kappa shape index (κ2) is 6.56. The van der Waals surface area contributed by atoms with E-state index in [9.17, 15) is 4.79 Å². The van der Waals surface area contributed by atoms with Crippen LogP contribution < -0.4 is 15.1 Å². The minimum atomic E-state index is -0.527. The van der Waals surface area contributed by atoms with Gasteiger partial charge >= 0.3 is 12.0 Å². The van der Waals surface area contributed by atoms with E-state index in [1.165, 1.54) is 0 Å². The van der Waals surface area contributed by atoms with Gasteiger partial charge in [0.1, 0.15) is 0 Å². The van der Waals surface area contributed by atoms with Crippen molar-refractivity contribution in [1.82, 2.24) is 10.2 Å². The maximum absolute atomic E-state index is 11.5. The topological polar surface area (TPSA) is 74.7 Å². The molecule has 0 atom stereocenters. The number of amides is 1. The molecule has 1 aromatic heterocycles. The van der Waals surface area contributed by atoms with E-state index >= 15 is 0 Å². The maximum atomic E-state index is 11.5. The van der Waals surface area contributed by atoms with Crippen molar-refractivity contribution in [3.05, 3.63) is 6.20 Å². The zero-order valence-corrected chi connectivity index (χ0v) is 12.2. The maximum Gasteiger partial charge on any atom is 0.414 e. The Hall–Kier alpha value is -1.83. The van der Waals surface area contributed by atoms with Crippen LogP contribution in [0.15, 0.2) is 10.7 Å². The van der Waals surface area contributed by atoms with Crippen LogP contribution in [0.3, 0.4) is 0 Å². The molecule has 0 bridgehead atoms. The number of rotatable bonds is 4. The normalized spacial score (nSPS) is 16.5. The summed E-state index contributed by atoms with van der Waals surface area (Å²) in [6.45, 7) is 8.00. The molecule has 2 heterocycles. The predicted octanol–water partition coefficient (Wildman–Crippen LogP) is 0.0500. The van der Waals surface area contributed by atoms with Gasteiger partial charge in [-0.15, -0.1) is 0 Å². The molecular weight excluding hydrogens is 262 g/mol. The minimum absolute atomic E-state index is 0.276. The van der Waals surface area contributed by atoms with E-state index in [1.807, 2.05) is 18.9 Å². The SMILES string of the molecule is CC(C)COC(=O)Nc1c[n+](N2CCN(C)CC2)no1. The molecular formula is C12H22N5O3+. The zero-order valence-electron chi connectivity index (χ0n) is 12.2. The van der Waals surface area contributed by atoms with Gasteiger partial charge in [-0.05, 0) is 13.0 Å². The molecule has 112 valence electrons. The Morgan fingerprint density at radius 3 is 2.85 bits per heavy atom. The molecule has 1 saturated heterocycles. The van der Waals surface area contributed by atoms with Crippen LogP contribution in [0.1, 0.15) is 13.8 Å². The van der Waals surface area contributed by atoms with E-state index in [1.54, 1.807) is 11.0 Å². The molecule has 0 aromatic carbocycles. The number of piperazine rings is 1. The number of likely N-dealkylation sites (N-methyl/N-ethyl adjacent to an activating group) is 1. The summed E-state index contributed by atoms with van der Waals surface area (Å²) in [6, 6.07) is 0. The molecule has 0 spiro atoms. The van der Waals surface area contributed by atoms with Crippen molar-refractivity contribution < 1.29 is 18.8 Å². The highest BCUT2D eigenvalue weighted by atomic mass is 16.6. The number of hydrogen-bond donors (Lipinski definition) is 1. The van der Waals surface area contributed by atoms with Gasteiger partial charge in [0, 0.05) is 13.1 Å². The number of nitrogens with one attached hydrogen (secondary N) is 1. The van der Waals surface area contributed by atoms with E-state index in [0.29, 0.717) is 12.5 Å². The van der Waals surface area contributed by atoms with Gasteiger partial charge in [0.25, 0.3) is 6.20 Å². The average Bonchev–Trinajstić information content (AvgIpc) is 2.85. The average molecular weight is 284 g/mol. The van der Waals surface area contributed by atoms with Crippen LogP contribution in [0.25, 0.3) is 0 Å². The molecule has 20 heavy (non-hydrogen) atoms. The van der Waals surface area contributed by atoms with Gasteiger partial charge in [0.2, 0.25) is 5.27 Å². The third-order valence-electron chi connectivity index (χ3n) is 3.00. The molecule has 0 aliphatic carbocycles.